The monoisotopic (exact) mass is 347 g/mol. The van der Waals surface area contributed by atoms with Gasteiger partial charge >= 0.3 is 0 Å². The quantitative estimate of drug-likeness (QED) is 0.859. The number of fused-ring (bicyclic) bond motifs is 1. The summed E-state index contributed by atoms with van der Waals surface area (Å²) >= 11 is 1.50. The molecule has 130 valence electrons. The summed E-state index contributed by atoms with van der Waals surface area (Å²) < 4.78 is 0. The number of carbonyl (C=O) groups excluding carboxylic acids is 2. The van der Waals surface area contributed by atoms with E-state index in [4.69, 9.17) is 0 Å². The zero-order valence-electron chi connectivity index (χ0n) is 14.0. The fraction of sp³-hybridized carbons (Fsp3) is 0.722. The number of nitrogens with zero attached hydrogens (tertiary/aromatic N) is 1. The van der Waals surface area contributed by atoms with Crippen molar-refractivity contribution in [3.63, 3.8) is 0 Å². The van der Waals surface area contributed by atoms with Crippen LogP contribution in [0.2, 0.25) is 0 Å². The van der Waals surface area contributed by atoms with E-state index >= 15 is 0 Å². The zero-order valence-corrected chi connectivity index (χ0v) is 14.8. The first kappa shape index (κ1) is 16.1. The average molecular weight is 347 g/mol. The van der Waals surface area contributed by atoms with Crippen molar-refractivity contribution in [3.8, 4) is 0 Å². The van der Waals surface area contributed by atoms with Crippen molar-refractivity contribution in [2.24, 2.45) is 11.8 Å². The van der Waals surface area contributed by atoms with E-state index in [-0.39, 0.29) is 23.8 Å². The number of nitrogens with one attached hydrogen (secondary N) is 2. The van der Waals surface area contributed by atoms with Crippen LogP contribution in [0.25, 0.3) is 0 Å². The maximum absolute atomic E-state index is 12.3. The standard InChI is InChI=1S/C18H25N3O2S/c22-16(12-3-1-2-4-12)20-13-7-8-14-15(9-13)24-18(21-14)17(23)19-10-11-5-6-11/h11-13H,1-10H2,(H,19,23)(H,20,22)/t13-/m0/s1. The molecular weight excluding hydrogens is 322 g/mol. The number of carbonyl (C=O) groups is 2. The molecule has 1 atom stereocenters. The zero-order chi connectivity index (χ0) is 16.5. The minimum Gasteiger partial charge on any atom is -0.353 e. The second-order valence-corrected chi connectivity index (χ2v) is 8.56. The Morgan fingerprint density at radius 3 is 2.67 bits per heavy atom. The number of aryl methyl sites for hydroxylation is 1. The molecule has 2 saturated carbocycles. The molecular formula is C18H25N3O2S. The smallest absolute Gasteiger partial charge is 0.280 e. The van der Waals surface area contributed by atoms with Crippen molar-refractivity contribution in [1.29, 1.82) is 0 Å². The molecule has 3 aliphatic carbocycles. The predicted molar refractivity (Wildman–Crippen MR) is 93.1 cm³/mol. The van der Waals surface area contributed by atoms with Gasteiger partial charge in [-0.1, -0.05) is 12.8 Å². The Morgan fingerprint density at radius 2 is 1.92 bits per heavy atom. The fourth-order valence-electron chi connectivity index (χ4n) is 3.74. The van der Waals surface area contributed by atoms with E-state index in [1.165, 1.54) is 41.9 Å². The van der Waals surface area contributed by atoms with Crippen LogP contribution in [0.3, 0.4) is 0 Å². The first-order valence-electron chi connectivity index (χ1n) is 9.26. The highest BCUT2D eigenvalue weighted by molar-refractivity contribution is 7.13. The number of rotatable bonds is 5. The summed E-state index contributed by atoms with van der Waals surface area (Å²) in [6.07, 6.45) is 9.51. The molecule has 24 heavy (non-hydrogen) atoms. The van der Waals surface area contributed by atoms with Gasteiger partial charge in [-0.15, -0.1) is 11.3 Å². The van der Waals surface area contributed by atoms with E-state index in [0.29, 0.717) is 10.9 Å². The third-order valence-corrected chi connectivity index (χ3v) is 6.57. The summed E-state index contributed by atoms with van der Waals surface area (Å²) in [5, 5.41) is 6.80. The molecule has 1 aromatic heterocycles. The minimum absolute atomic E-state index is 0.0344. The normalized spacial score (nSPS) is 23.8. The highest BCUT2D eigenvalue weighted by atomic mass is 32.1. The number of aromatic nitrogens is 1. The highest BCUT2D eigenvalue weighted by Crippen LogP contribution is 2.30. The Kier molecular flexibility index (Phi) is 4.57. The molecule has 0 radical (unpaired) electrons. The summed E-state index contributed by atoms with van der Waals surface area (Å²) in [6.45, 7) is 0.781. The first-order chi connectivity index (χ1) is 11.7. The Bertz CT molecular complexity index is 632. The second kappa shape index (κ2) is 6.82. The molecule has 2 fully saturated rings. The van der Waals surface area contributed by atoms with Crippen LogP contribution in [0.15, 0.2) is 0 Å². The van der Waals surface area contributed by atoms with Crippen LogP contribution in [-0.2, 0) is 17.6 Å². The number of amides is 2. The van der Waals surface area contributed by atoms with Crippen molar-refractivity contribution >= 4 is 23.2 Å². The molecule has 0 saturated heterocycles. The Balaban J connectivity index is 1.34. The van der Waals surface area contributed by atoms with E-state index in [2.05, 4.69) is 15.6 Å². The molecule has 4 rings (SSSR count). The third kappa shape index (κ3) is 3.63. The largest absolute Gasteiger partial charge is 0.353 e. The van der Waals surface area contributed by atoms with E-state index in [1.54, 1.807) is 0 Å². The van der Waals surface area contributed by atoms with Gasteiger partial charge in [0, 0.05) is 29.8 Å². The Hall–Kier alpha value is -1.43. The molecule has 0 aliphatic heterocycles. The van der Waals surface area contributed by atoms with Gasteiger partial charge in [0.25, 0.3) is 5.91 Å². The van der Waals surface area contributed by atoms with Gasteiger partial charge in [-0.05, 0) is 44.4 Å². The van der Waals surface area contributed by atoms with Crippen molar-refractivity contribution in [1.82, 2.24) is 15.6 Å². The van der Waals surface area contributed by atoms with Crippen LogP contribution < -0.4 is 10.6 Å². The van der Waals surface area contributed by atoms with Crippen LogP contribution in [0.5, 0.6) is 0 Å². The van der Waals surface area contributed by atoms with E-state index in [9.17, 15) is 9.59 Å². The number of hydrogen-bond donors (Lipinski definition) is 2. The van der Waals surface area contributed by atoms with Crippen molar-refractivity contribution in [3.05, 3.63) is 15.6 Å². The Labute approximate surface area is 146 Å². The third-order valence-electron chi connectivity index (χ3n) is 5.45. The molecule has 0 bridgehead atoms. The SMILES string of the molecule is O=C(NCC1CC1)c1nc2c(s1)C[C@@H](NC(=O)C1CCCC1)CC2. The van der Waals surface area contributed by atoms with Crippen LogP contribution in [0, 0.1) is 11.8 Å². The van der Waals surface area contributed by atoms with Crippen LogP contribution >= 0.6 is 11.3 Å². The molecule has 0 aromatic carbocycles. The Morgan fingerprint density at radius 1 is 1.12 bits per heavy atom. The van der Waals surface area contributed by atoms with Gasteiger partial charge in [0.1, 0.15) is 0 Å². The van der Waals surface area contributed by atoms with Crippen molar-refractivity contribution in [2.45, 2.75) is 63.8 Å². The summed E-state index contributed by atoms with van der Waals surface area (Å²) in [6, 6.07) is 0.202. The molecule has 0 spiro atoms. The van der Waals surface area contributed by atoms with E-state index in [1.807, 2.05) is 0 Å². The molecule has 2 amide bonds. The first-order valence-corrected chi connectivity index (χ1v) is 10.1. The maximum Gasteiger partial charge on any atom is 0.280 e. The number of thiazole rings is 1. The predicted octanol–water partition coefficient (Wildman–Crippen LogP) is 2.45. The van der Waals surface area contributed by atoms with Gasteiger partial charge in [0.05, 0.1) is 5.69 Å². The van der Waals surface area contributed by atoms with Gasteiger partial charge in [-0.3, -0.25) is 9.59 Å². The lowest BCUT2D eigenvalue weighted by atomic mass is 9.96. The molecule has 2 N–H and O–H groups in total. The molecule has 0 unspecified atom stereocenters. The van der Waals surface area contributed by atoms with Gasteiger partial charge in [0.2, 0.25) is 5.91 Å². The summed E-state index contributed by atoms with van der Waals surface area (Å²) in [5.74, 6) is 1.09. The maximum atomic E-state index is 12.3. The van der Waals surface area contributed by atoms with Gasteiger partial charge in [0.15, 0.2) is 5.01 Å². The summed E-state index contributed by atoms with van der Waals surface area (Å²) in [4.78, 5) is 30.2. The van der Waals surface area contributed by atoms with Gasteiger partial charge in [-0.25, -0.2) is 4.98 Å². The van der Waals surface area contributed by atoms with Crippen molar-refractivity contribution in [2.75, 3.05) is 6.54 Å². The number of hydrogen-bond acceptors (Lipinski definition) is 4. The molecule has 5 nitrogen and oxygen atoms in total. The van der Waals surface area contributed by atoms with Gasteiger partial charge in [-0.2, -0.15) is 0 Å². The fourth-order valence-corrected chi connectivity index (χ4v) is 4.84. The molecule has 3 aliphatic rings. The average Bonchev–Trinajstić information content (AvgIpc) is 3.08. The second-order valence-electron chi connectivity index (χ2n) is 7.47. The summed E-state index contributed by atoms with van der Waals surface area (Å²) in [5.41, 5.74) is 1.06. The van der Waals surface area contributed by atoms with Crippen LogP contribution in [-0.4, -0.2) is 29.4 Å². The van der Waals surface area contributed by atoms with Crippen LogP contribution in [0.4, 0.5) is 0 Å². The molecule has 6 heteroatoms. The van der Waals surface area contributed by atoms with Gasteiger partial charge < -0.3 is 10.6 Å². The highest BCUT2D eigenvalue weighted by Gasteiger charge is 2.29. The van der Waals surface area contributed by atoms with Crippen molar-refractivity contribution < 1.29 is 9.59 Å². The summed E-state index contributed by atoms with van der Waals surface area (Å²) in [7, 11) is 0. The minimum atomic E-state index is -0.0344. The molecule has 1 heterocycles. The topological polar surface area (TPSA) is 71.1 Å². The lowest BCUT2D eigenvalue weighted by Gasteiger charge is -2.23. The van der Waals surface area contributed by atoms with Crippen LogP contribution in [0.1, 0.15) is 65.3 Å². The lowest BCUT2D eigenvalue weighted by molar-refractivity contribution is -0.125. The lowest BCUT2D eigenvalue weighted by Crippen LogP contribution is -2.41. The molecule has 1 aromatic rings. The van der Waals surface area contributed by atoms with E-state index < -0.39 is 0 Å². The van der Waals surface area contributed by atoms with E-state index in [0.717, 1.165) is 44.3 Å².